The second-order valence-electron chi connectivity index (χ2n) is 5.03. The summed E-state index contributed by atoms with van der Waals surface area (Å²) in [6.45, 7) is 3.06. The summed E-state index contributed by atoms with van der Waals surface area (Å²) in [5.74, 6) is 2.59. The summed E-state index contributed by atoms with van der Waals surface area (Å²) in [4.78, 5) is 4.60. The van der Waals surface area contributed by atoms with Crippen LogP contribution in [0.3, 0.4) is 0 Å². The normalized spacial score (nSPS) is 13.0. The average Bonchev–Trinajstić information content (AvgIpc) is 3.04. The van der Waals surface area contributed by atoms with Crippen molar-refractivity contribution in [3.63, 3.8) is 0 Å². The van der Waals surface area contributed by atoms with E-state index in [1.807, 2.05) is 37.3 Å². The van der Waals surface area contributed by atoms with Gasteiger partial charge in [0.2, 0.25) is 6.79 Å². The Morgan fingerprint density at radius 2 is 1.95 bits per heavy atom. The average molecular weight is 345 g/mol. The van der Waals surface area contributed by atoms with Crippen LogP contribution < -0.4 is 9.47 Å². The number of ether oxygens (including phenoxy) is 2. The summed E-state index contributed by atoms with van der Waals surface area (Å²) in [6.07, 6.45) is 0. The number of halogens is 1. The van der Waals surface area contributed by atoms with Crippen LogP contribution in [0.15, 0.2) is 40.9 Å². The second-order valence-corrected chi connectivity index (χ2v) is 5.89. The van der Waals surface area contributed by atoms with Crippen molar-refractivity contribution in [3.8, 4) is 11.5 Å². The van der Waals surface area contributed by atoms with Gasteiger partial charge in [-0.3, -0.25) is 0 Å². The third-order valence-electron chi connectivity index (χ3n) is 3.72. The molecule has 106 valence electrons. The monoisotopic (exact) mass is 344 g/mol. The lowest BCUT2D eigenvalue weighted by atomic mass is 10.2. The largest absolute Gasteiger partial charge is 0.454 e. The zero-order chi connectivity index (χ0) is 14.4. The fourth-order valence-corrected chi connectivity index (χ4v) is 3.09. The van der Waals surface area contributed by atoms with E-state index < -0.39 is 0 Å². The number of para-hydroxylation sites is 2. The lowest BCUT2D eigenvalue weighted by molar-refractivity contribution is 0.174. The number of fused-ring (bicyclic) bond motifs is 2. The van der Waals surface area contributed by atoms with E-state index in [1.54, 1.807) is 0 Å². The number of imidazole rings is 1. The number of aryl methyl sites for hydroxylation is 1. The lowest BCUT2D eigenvalue weighted by Crippen LogP contribution is -2.02. The maximum absolute atomic E-state index is 5.46. The first-order chi connectivity index (χ1) is 10.2. The minimum atomic E-state index is 0.290. The van der Waals surface area contributed by atoms with Crippen LogP contribution in [0.25, 0.3) is 11.0 Å². The molecule has 2 aromatic carbocycles. The van der Waals surface area contributed by atoms with Crippen LogP contribution in [0.1, 0.15) is 11.4 Å². The van der Waals surface area contributed by atoms with E-state index in [4.69, 9.17) is 9.47 Å². The van der Waals surface area contributed by atoms with Gasteiger partial charge in [0.15, 0.2) is 11.5 Å². The van der Waals surface area contributed by atoms with Gasteiger partial charge in [0.05, 0.1) is 17.6 Å². The number of aromatic nitrogens is 2. The van der Waals surface area contributed by atoms with Crippen molar-refractivity contribution in [1.29, 1.82) is 0 Å². The van der Waals surface area contributed by atoms with E-state index in [1.165, 1.54) is 0 Å². The van der Waals surface area contributed by atoms with E-state index in [-0.39, 0.29) is 6.79 Å². The Kier molecular flexibility index (Phi) is 2.89. The molecule has 0 spiro atoms. The standard InChI is InChI=1S/C16H13BrN2O2/c1-10-18-13-4-2-3-5-14(13)19(10)8-11-6-15-16(7-12(11)17)21-9-20-15/h2-7H,8-9H2,1H3. The molecule has 0 fully saturated rings. The van der Waals surface area contributed by atoms with E-state index in [0.29, 0.717) is 0 Å². The van der Waals surface area contributed by atoms with Gasteiger partial charge in [0, 0.05) is 4.47 Å². The van der Waals surface area contributed by atoms with Gasteiger partial charge in [-0.25, -0.2) is 4.98 Å². The fourth-order valence-electron chi connectivity index (χ4n) is 2.65. The molecule has 0 unspecified atom stereocenters. The Morgan fingerprint density at radius 3 is 2.81 bits per heavy atom. The first-order valence-electron chi connectivity index (χ1n) is 6.72. The number of hydrogen-bond donors (Lipinski definition) is 0. The Labute approximate surface area is 130 Å². The van der Waals surface area contributed by atoms with Crippen molar-refractivity contribution in [1.82, 2.24) is 9.55 Å². The third kappa shape index (κ3) is 2.08. The summed E-state index contributed by atoms with van der Waals surface area (Å²) < 4.78 is 14.1. The number of benzene rings is 2. The van der Waals surface area contributed by atoms with Gasteiger partial charge in [-0.05, 0) is 36.8 Å². The highest BCUT2D eigenvalue weighted by Crippen LogP contribution is 2.37. The molecule has 5 heteroatoms. The van der Waals surface area contributed by atoms with Gasteiger partial charge in [-0.2, -0.15) is 0 Å². The lowest BCUT2D eigenvalue weighted by Gasteiger charge is -2.10. The molecular formula is C16H13BrN2O2. The van der Waals surface area contributed by atoms with Gasteiger partial charge in [0.25, 0.3) is 0 Å². The highest BCUT2D eigenvalue weighted by atomic mass is 79.9. The van der Waals surface area contributed by atoms with E-state index in [0.717, 1.165) is 44.9 Å². The smallest absolute Gasteiger partial charge is 0.231 e. The highest BCUT2D eigenvalue weighted by Gasteiger charge is 2.17. The van der Waals surface area contributed by atoms with Gasteiger partial charge in [-0.1, -0.05) is 28.1 Å². The van der Waals surface area contributed by atoms with Crippen molar-refractivity contribution in [2.75, 3.05) is 6.79 Å². The Bertz CT molecular complexity index is 842. The van der Waals surface area contributed by atoms with Gasteiger partial charge in [-0.15, -0.1) is 0 Å². The van der Waals surface area contributed by atoms with Crippen LogP contribution in [0.4, 0.5) is 0 Å². The van der Waals surface area contributed by atoms with Crippen LogP contribution >= 0.6 is 15.9 Å². The van der Waals surface area contributed by atoms with E-state index in [9.17, 15) is 0 Å². The summed E-state index contributed by atoms with van der Waals surface area (Å²) in [5.41, 5.74) is 3.30. The zero-order valence-corrected chi connectivity index (χ0v) is 13.1. The topological polar surface area (TPSA) is 36.3 Å². The summed E-state index contributed by atoms with van der Waals surface area (Å²) in [5, 5.41) is 0. The molecule has 1 aliphatic rings. The molecule has 0 aliphatic carbocycles. The molecule has 0 amide bonds. The van der Waals surface area contributed by atoms with Crippen LogP contribution in [0.2, 0.25) is 0 Å². The molecule has 0 saturated heterocycles. The molecule has 0 atom stereocenters. The quantitative estimate of drug-likeness (QED) is 0.707. The molecule has 2 heterocycles. The molecule has 1 aliphatic heterocycles. The van der Waals surface area contributed by atoms with Crippen LogP contribution in [0.5, 0.6) is 11.5 Å². The minimum absolute atomic E-state index is 0.290. The number of nitrogens with zero attached hydrogens (tertiary/aromatic N) is 2. The molecule has 4 nitrogen and oxygen atoms in total. The first-order valence-corrected chi connectivity index (χ1v) is 7.51. The third-order valence-corrected chi connectivity index (χ3v) is 4.45. The zero-order valence-electron chi connectivity index (χ0n) is 11.5. The van der Waals surface area contributed by atoms with Crippen LogP contribution in [-0.4, -0.2) is 16.3 Å². The molecule has 0 N–H and O–H groups in total. The van der Waals surface area contributed by atoms with Crippen molar-refractivity contribution in [3.05, 3.63) is 52.3 Å². The Hall–Kier alpha value is -2.01. The molecule has 4 rings (SSSR count). The summed E-state index contributed by atoms with van der Waals surface area (Å²) in [7, 11) is 0. The van der Waals surface area contributed by atoms with Gasteiger partial charge < -0.3 is 14.0 Å². The Balaban J connectivity index is 1.80. The highest BCUT2D eigenvalue weighted by molar-refractivity contribution is 9.10. The van der Waals surface area contributed by atoms with E-state index >= 15 is 0 Å². The molecule has 0 saturated carbocycles. The van der Waals surface area contributed by atoms with Gasteiger partial charge in [0.1, 0.15) is 5.82 Å². The predicted octanol–water partition coefficient (Wildman–Crippen LogP) is 3.88. The Morgan fingerprint density at radius 1 is 1.19 bits per heavy atom. The minimum Gasteiger partial charge on any atom is -0.454 e. The van der Waals surface area contributed by atoms with Crippen LogP contribution in [-0.2, 0) is 6.54 Å². The molecule has 21 heavy (non-hydrogen) atoms. The van der Waals surface area contributed by atoms with E-state index in [2.05, 4.69) is 31.5 Å². The number of rotatable bonds is 2. The molecule has 0 radical (unpaired) electrons. The van der Waals surface area contributed by atoms with Crippen molar-refractivity contribution in [2.45, 2.75) is 13.5 Å². The van der Waals surface area contributed by atoms with Gasteiger partial charge >= 0.3 is 0 Å². The maximum atomic E-state index is 5.46. The molecule has 3 aromatic rings. The molecule has 0 bridgehead atoms. The summed E-state index contributed by atoms with van der Waals surface area (Å²) in [6, 6.07) is 12.2. The van der Waals surface area contributed by atoms with Crippen molar-refractivity contribution in [2.24, 2.45) is 0 Å². The summed E-state index contributed by atoms with van der Waals surface area (Å²) >= 11 is 3.61. The van der Waals surface area contributed by atoms with Crippen molar-refractivity contribution < 1.29 is 9.47 Å². The van der Waals surface area contributed by atoms with Crippen molar-refractivity contribution >= 4 is 27.0 Å². The fraction of sp³-hybridized carbons (Fsp3) is 0.188. The SMILES string of the molecule is Cc1nc2ccccc2n1Cc1cc2c(cc1Br)OCO2. The second kappa shape index (κ2) is 4.77. The van der Waals surface area contributed by atoms with Crippen LogP contribution in [0, 0.1) is 6.92 Å². The molecular weight excluding hydrogens is 332 g/mol. The molecule has 1 aromatic heterocycles. The first kappa shape index (κ1) is 12.7. The number of hydrogen-bond acceptors (Lipinski definition) is 3. The predicted molar refractivity (Wildman–Crippen MR) is 83.8 cm³/mol. The maximum Gasteiger partial charge on any atom is 0.231 e.